The number of piperidine rings is 1. The second-order valence-corrected chi connectivity index (χ2v) is 11.6. The first-order chi connectivity index (χ1) is 14.2. The van der Waals surface area contributed by atoms with Gasteiger partial charge in [0, 0.05) is 24.8 Å². The van der Waals surface area contributed by atoms with E-state index in [1.807, 2.05) is 0 Å². The van der Waals surface area contributed by atoms with E-state index in [4.69, 9.17) is 9.47 Å². The predicted molar refractivity (Wildman–Crippen MR) is 120 cm³/mol. The Labute approximate surface area is 184 Å². The predicted octanol–water partition coefficient (Wildman–Crippen LogP) is 5.83. The molecule has 30 heavy (non-hydrogen) atoms. The number of carbonyl (C=O) groups is 1. The van der Waals surface area contributed by atoms with E-state index in [2.05, 4.69) is 46.9 Å². The molecule has 3 unspecified atom stereocenters. The van der Waals surface area contributed by atoms with Crippen LogP contribution in [0.5, 0.6) is 0 Å². The van der Waals surface area contributed by atoms with Gasteiger partial charge >= 0.3 is 0 Å². The van der Waals surface area contributed by atoms with Gasteiger partial charge in [-0.3, -0.25) is 4.79 Å². The van der Waals surface area contributed by atoms with Gasteiger partial charge in [0.05, 0.1) is 12.2 Å². The first-order valence-corrected chi connectivity index (χ1v) is 12.8. The van der Waals surface area contributed by atoms with Crippen LogP contribution in [0.2, 0.25) is 0 Å². The average Bonchev–Trinajstić information content (AvgIpc) is 3.00. The monoisotopic (exact) mass is 419 g/mol. The Morgan fingerprint density at radius 3 is 2.27 bits per heavy atom. The number of nitrogens with one attached hydrogen (secondary N) is 1. The second-order valence-electron chi connectivity index (χ2n) is 11.6. The third-order valence-corrected chi connectivity index (χ3v) is 9.85. The Morgan fingerprint density at radius 2 is 1.63 bits per heavy atom. The van der Waals surface area contributed by atoms with Gasteiger partial charge in [-0.05, 0) is 87.9 Å². The maximum Gasteiger partial charge on any atom is 0.220 e. The van der Waals surface area contributed by atoms with Gasteiger partial charge in [0.1, 0.15) is 0 Å². The lowest BCUT2D eigenvalue weighted by atomic mass is 9.47. The molecule has 4 heteroatoms. The maximum absolute atomic E-state index is 12.1. The van der Waals surface area contributed by atoms with Crippen molar-refractivity contribution in [1.29, 1.82) is 0 Å². The molecule has 0 aromatic rings. The minimum atomic E-state index is -0.440. The molecule has 1 N–H and O–H groups in total. The summed E-state index contributed by atoms with van der Waals surface area (Å²) >= 11 is 0. The quantitative estimate of drug-likeness (QED) is 0.551. The second kappa shape index (κ2) is 8.06. The van der Waals surface area contributed by atoms with Crippen molar-refractivity contribution >= 4 is 5.91 Å². The molecule has 1 amide bonds. The van der Waals surface area contributed by atoms with Crippen LogP contribution in [-0.4, -0.2) is 29.9 Å². The lowest BCUT2D eigenvalue weighted by Gasteiger charge is -2.61. The van der Waals surface area contributed by atoms with Gasteiger partial charge in [0.25, 0.3) is 0 Å². The zero-order chi connectivity index (χ0) is 21.7. The fourth-order valence-corrected chi connectivity index (χ4v) is 7.88. The van der Waals surface area contributed by atoms with Crippen molar-refractivity contribution in [3.63, 3.8) is 0 Å². The number of amides is 1. The molecule has 1 heterocycles. The molecular weight excluding hydrogens is 374 g/mol. The molecule has 172 valence electrons. The van der Waals surface area contributed by atoms with E-state index in [1.165, 1.54) is 25.7 Å². The molecule has 4 aliphatic rings. The highest BCUT2D eigenvalue weighted by Crippen LogP contribution is 2.67. The van der Waals surface area contributed by atoms with Crippen LogP contribution in [0.4, 0.5) is 0 Å². The van der Waals surface area contributed by atoms with Gasteiger partial charge in [-0.2, -0.15) is 0 Å². The van der Waals surface area contributed by atoms with Crippen LogP contribution in [0, 0.1) is 28.6 Å². The molecule has 0 spiro atoms. The summed E-state index contributed by atoms with van der Waals surface area (Å²) in [6.45, 7) is 13.9. The van der Waals surface area contributed by atoms with Crippen LogP contribution in [0.3, 0.4) is 0 Å². The summed E-state index contributed by atoms with van der Waals surface area (Å²) in [5.74, 6) is 1.57. The molecule has 3 saturated carbocycles. The van der Waals surface area contributed by atoms with Crippen molar-refractivity contribution in [3.8, 4) is 0 Å². The fraction of sp³-hybridized carbons (Fsp3) is 0.962. The summed E-state index contributed by atoms with van der Waals surface area (Å²) < 4.78 is 13.8. The molecule has 1 saturated heterocycles. The van der Waals surface area contributed by atoms with Crippen LogP contribution < -0.4 is 5.32 Å². The summed E-state index contributed by atoms with van der Waals surface area (Å²) in [6.07, 6.45) is 11.3. The number of ether oxygens (including phenoxy) is 2. The molecular formula is C26H45NO3. The Bertz CT molecular complexity index is 638. The van der Waals surface area contributed by atoms with E-state index in [0.717, 1.165) is 32.1 Å². The van der Waals surface area contributed by atoms with Crippen LogP contribution in [0.1, 0.15) is 106 Å². The van der Waals surface area contributed by atoms with Crippen molar-refractivity contribution in [1.82, 2.24) is 5.32 Å². The normalized spacial score (nSPS) is 47.6. The van der Waals surface area contributed by atoms with Gasteiger partial charge in [0.2, 0.25) is 5.91 Å². The number of rotatable bonds is 6. The van der Waals surface area contributed by atoms with Crippen molar-refractivity contribution in [3.05, 3.63) is 0 Å². The first kappa shape index (κ1) is 22.6. The molecule has 4 fully saturated rings. The SMILES string of the molecule is CCC(C)OC1(OC(C)CC)CC[C@@]2(C)CC[C@@H]3[C@@H](CCC4NC(=O)CC[C@@]43C)[C@H]12. The molecule has 0 aromatic carbocycles. The molecule has 3 aliphatic carbocycles. The standard InChI is InChI=1S/C26H45NO3/c1-7-17(3)29-26(30-18(4)8-2)16-15-24(5)13-11-20-19(23(24)26)9-10-21-25(20,6)14-12-22(28)27-21/h17-21,23H,7-16H2,1-6H3,(H,27,28)/t17?,18?,19-,20-,21?,23+,24-,25-,26?/m1/s1. The molecule has 1 aliphatic heterocycles. The average molecular weight is 420 g/mol. The Kier molecular flexibility index (Phi) is 6.07. The Balaban J connectivity index is 1.70. The molecule has 0 bridgehead atoms. The summed E-state index contributed by atoms with van der Waals surface area (Å²) in [5, 5.41) is 3.36. The highest BCUT2D eigenvalue weighted by molar-refractivity contribution is 5.77. The van der Waals surface area contributed by atoms with Gasteiger partial charge in [-0.1, -0.05) is 27.7 Å². The van der Waals surface area contributed by atoms with E-state index >= 15 is 0 Å². The molecule has 4 rings (SSSR count). The number of hydrogen-bond donors (Lipinski definition) is 1. The van der Waals surface area contributed by atoms with Crippen molar-refractivity contribution in [2.24, 2.45) is 28.6 Å². The molecule has 4 nitrogen and oxygen atoms in total. The fourth-order valence-electron chi connectivity index (χ4n) is 7.88. The van der Waals surface area contributed by atoms with Crippen molar-refractivity contribution < 1.29 is 14.3 Å². The summed E-state index contributed by atoms with van der Waals surface area (Å²) in [5.41, 5.74) is 0.530. The molecule has 8 atom stereocenters. The largest absolute Gasteiger partial charge is 0.353 e. The Morgan fingerprint density at radius 1 is 0.967 bits per heavy atom. The number of fused-ring (bicyclic) bond motifs is 5. The van der Waals surface area contributed by atoms with Crippen molar-refractivity contribution in [2.75, 3.05) is 0 Å². The maximum atomic E-state index is 12.1. The smallest absolute Gasteiger partial charge is 0.220 e. The zero-order valence-electron chi connectivity index (χ0n) is 20.3. The first-order valence-electron chi connectivity index (χ1n) is 12.8. The highest BCUT2D eigenvalue weighted by Gasteiger charge is 2.66. The third-order valence-electron chi connectivity index (χ3n) is 9.85. The molecule has 0 radical (unpaired) electrons. The molecule has 0 aromatic heterocycles. The van der Waals surface area contributed by atoms with E-state index in [1.54, 1.807) is 0 Å². The van der Waals surface area contributed by atoms with Crippen LogP contribution in [0.15, 0.2) is 0 Å². The van der Waals surface area contributed by atoms with Gasteiger partial charge in [-0.15, -0.1) is 0 Å². The summed E-state index contributed by atoms with van der Waals surface area (Å²) in [4.78, 5) is 12.1. The number of carbonyl (C=O) groups excluding carboxylic acids is 1. The minimum absolute atomic E-state index is 0.220. The third kappa shape index (κ3) is 3.54. The summed E-state index contributed by atoms with van der Waals surface area (Å²) in [6, 6.07) is 0.353. The lowest BCUT2D eigenvalue weighted by molar-refractivity contribution is -0.317. The van der Waals surface area contributed by atoms with Gasteiger partial charge < -0.3 is 14.8 Å². The van der Waals surface area contributed by atoms with Crippen LogP contribution >= 0.6 is 0 Å². The minimum Gasteiger partial charge on any atom is -0.353 e. The van der Waals surface area contributed by atoms with E-state index < -0.39 is 5.79 Å². The van der Waals surface area contributed by atoms with Crippen LogP contribution in [-0.2, 0) is 14.3 Å². The highest BCUT2D eigenvalue weighted by atomic mass is 16.7. The van der Waals surface area contributed by atoms with E-state index in [0.29, 0.717) is 35.6 Å². The zero-order valence-corrected chi connectivity index (χ0v) is 20.3. The van der Waals surface area contributed by atoms with Gasteiger partial charge in [-0.25, -0.2) is 0 Å². The topological polar surface area (TPSA) is 47.6 Å². The lowest BCUT2D eigenvalue weighted by Crippen LogP contribution is -2.63. The number of hydrogen-bond acceptors (Lipinski definition) is 3. The van der Waals surface area contributed by atoms with Crippen LogP contribution in [0.25, 0.3) is 0 Å². The van der Waals surface area contributed by atoms with E-state index in [-0.39, 0.29) is 23.5 Å². The Hall–Kier alpha value is -0.610. The van der Waals surface area contributed by atoms with Crippen molar-refractivity contribution in [2.45, 2.75) is 130 Å². The summed E-state index contributed by atoms with van der Waals surface area (Å²) in [7, 11) is 0. The van der Waals surface area contributed by atoms with E-state index in [9.17, 15) is 4.79 Å². The van der Waals surface area contributed by atoms with Gasteiger partial charge in [0.15, 0.2) is 5.79 Å².